The van der Waals surface area contributed by atoms with Gasteiger partial charge in [0.2, 0.25) is 0 Å². The van der Waals surface area contributed by atoms with Gasteiger partial charge in [-0.1, -0.05) is 6.92 Å². The average Bonchev–Trinajstić information content (AvgIpc) is 1.80. The van der Waals surface area contributed by atoms with Gasteiger partial charge in [0.15, 0.2) is 10.0 Å². The topological polar surface area (TPSA) is 94.4 Å². The first-order chi connectivity index (χ1) is 6.02. The molecule has 86 valence electrons. The zero-order valence-corrected chi connectivity index (χ0v) is 8.37. The highest BCUT2D eigenvalue weighted by Gasteiger charge is 2.40. The molecule has 0 amide bonds. The quantitative estimate of drug-likeness (QED) is 0.768. The lowest BCUT2D eigenvalue weighted by Crippen LogP contribution is -2.29. The van der Waals surface area contributed by atoms with E-state index in [1.54, 1.807) is 4.13 Å². The molecule has 11 heteroatoms. The first kappa shape index (κ1) is 13.6. The molecule has 0 unspecified atom stereocenters. The Balaban J connectivity index is 4.89. The van der Waals surface area contributed by atoms with Crippen LogP contribution in [-0.2, 0) is 20.2 Å². The summed E-state index contributed by atoms with van der Waals surface area (Å²) < 4.78 is 79.6. The van der Waals surface area contributed by atoms with Gasteiger partial charge in [-0.05, 0) is 0 Å². The Bertz CT molecular complexity index is 383. The molecule has 0 saturated heterocycles. The van der Waals surface area contributed by atoms with Crippen molar-refractivity contribution >= 4 is 20.2 Å². The Hall–Kier alpha value is -0.390. The van der Waals surface area contributed by atoms with Crippen molar-refractivity contribution in [2.45, 2.75) is 12.4 Å². The Morgan fingerprint density at radius 3 is 1.93 bits per heavy atom. The van der Waals surface area contributed by atoms with Crippen LogP contribution in [0, 0.1) is 0 Å². The van der Waals surface area contributed by atoms with Crippen LogP contribution in [0.15, 0.2) is 0 Å². The number of rotatable bonds is 4. The number of hydrogen-bond acceptors (Lipinski definition) is 4. The standard InChI is InChI=1S/C3H6F3N2O4S2/c1-2-7-14(11,12)8-13(9,10)3(4,5)6/h7H,2H2,1H3/q-1. The molecule has 0 aliphatic heterocycles. The number of nitrogens with one attached hydrogen (secondary N) is 1. The molecule has 0 heterocycles. The highest BCUT2D eigenvalue weighted by molar-refractivity contribution is 8.11. The summed E-state index contributed by atoms with van der Waals surface area (Å²) in [6, 6.07) is 0. The highest BCUT2D eigenvalue weighted by Crippen LogP contribution is 2.29. The summed E-state index contributed by atoms with van der Waals surface area (Å²) in [7, 11) is -10.8. The van der Waals surface area contributed by atoms with E-state index in [2.05, 4.69) is 0 Å². The van der Waals surface area contributed by atoms with Crippen molar-refractivity contribution < 1.29 is 30.0 Å². The maximum atomic E-state index is 11.6. The monoisotopic (exact) mass is 255 g/mol. The summed E-state index contributed by atoms with van der Waals surface area (Å²) in [6.07, 6.45) is 0. The molecule has 0 aromatic rings. The average molecular weight is 255 g/mol. The number of halogens is 3. The maximum absolute atomic E-state index is 11.6. The molecule has 0 rings (SSSR count). The van der Waals surface area contributed by atoms with E-state index in [0.29, 0.717) is 0 Å². The summed E-state index contributed by atoms with van der Waals surface area (Å²) in [6.45, 7) is 0.993. The van der Waals surface area contributed by atoms with Crippen LogP contribution in [-0.4, -0.2) is 28.9 Å². The SMILES string of the molecule is CCNS(=O)(=O)[N-]S(=O)(=O)C(F)(F)F. The van der Waals surface area contributed by atoms with Crippen LogP contribution in [0.2, 0.25) is 0 Å². The molecule has 0 saturated carbocycles. The smallest absolute Gasteiger partial charge is 0.415 e. The summed E-state index contributed by atoms with van der Waals surface area (Å²) >= 11 is 0. The Morgan fingerprint density at radius 2 is 1.64 bits per heavy atom. The summed E-state index contributed by atoms with van der Waals surface area (Å²) in [5.41, 5.74) is -5.71. The zero-order valence-electron chi connectivity index (χ0n) is 6.74. The normalized spacial score (nSPS) is 14.3. The fourth-order valence-corrected chi connectivity index (χ4v) is 2.33. The molecule has 0 fully saturated rings. The third-order valence-corrected chi connectivity index (χ3v) is 3.62. The van der Waals surface area contributed by atoms with Crippen LogP contribution in [0.1, 0.15) is 6.92 Å². The van der Waals surface area contributed by atoms with Crippen molar-refractivity contribution in [3.63, 3.8) is 0 Å². The van der Waals surface area contributed by atoms with Gasteiger partial charge in [0.25, 0.3) is 0 Å². The van der Waals surface area contributed by atoms with Gasteiger partial charge in [-0.3, -0.25) is 0 Å². The first-order valence-electron chi connectivity index (χ1n) is 3.07. The lowest BCUT2D eigenvalue weighted by atomic mass is 10.8. The van der Waals surface area contributed by atoms with Gasteiger partial charge in [-0.15, -0.1) is 0 Å². The molecule has 1 N–H and O–H groups in total. The van der Waals surface area contributed by atoms with Gasteiger partial charge in [0.1, 0.15) is 10.2 Å². The van der Waals surface area contributed by atoms with Gasteiger partial charge < -0.3 is 4.13 Å². The lowest BCUT2D eigenvalue weighted by Gasteiger charge is -2.21. The van der Waals surface area contributed by atoms with E-state index >= 15 is 0 Å². The fourth-order valence-electron chi connectivity index (χ4n) is 0.380. The van der Waals surface area contributed by atoms with E-state index in [1.807, 2.05) is 0 Å². The van der Waals surface area contributed by atoms with Crippen LogP contribution in [0.5, 0.6) is 0 Å². The van der Waals surface area contributed by atoms with E-state index < -0.39 is 25.7 Å². The van der Waals surface area contributed by atoms with Crippen LogP contribution >= 0.6 is 0 Å². The molecule has 0 spiro atoms. The fraction of sp³-hybridized carbons (Fsp3) is 1.00. The van der Waals surface area contributed by atoms with E-state index in [4.69, 9.17) is 0 Å². The molecule has 0 radical (unpaired) electrons. The Labute approximate surface area is 78.7 Å². The molecule has 0 aliphatic carbocycles. The highest BCUT2D eigenvalue weighted by atomic mass is 32.3. The molecule has 0 aliphatic rings. The van der Waals surface area contributed by atoms with E-state index in [9.17, 15) is 30.0 Å². The zero-order chi connectivity index (χ0) is 11.6. The molecule has 0 bridgehead atoms. The molecule has 0 aromatic carbocycles. The van der Waals surface area contributed by atoms with Crippen molar-refractivity contribution in [3.05, 3.63) is 4.13 Å². The van der Waals surface area contributed by atoms with E-state index in [0.717, 1.165) is 0 Å². The second kappa shape index (κ2) is 4.00. The number of sulfonamides is 1. The van der Waals surface area contributed by atoms with Crippen molar-refractivity contribution in [1.29, 1.82) is 0 Å². The van der Waals surface area contributed by atoms with Crippen LogP contribution in [0.3, 0.4) is 0 Å². The number of nitrogens with zero attached hydrogens (tertiary/aromatic N) is 1. The molecule has 6 nitrogen and oxygen atoms in total. The lowest BCUT2D eigenvalue weighted by molar-refractivity contribution is -0.0425. The van der Waals surface area contributed by atoms with Gasteiger partial charge in [-0.2, -0.15) is 13.2 Å². The molecular formula is C3H6F3N2O4S2-. The first-order valence-corrected chi connectivity index (χ1v) is 5.95. The summed E-state index contributed by atoms with van der Waals surface area (Å²) in [5, 5.41) is 0. The van der Waals surface area contributed by atoms with Crippen molar-refractivity contribution in [2.24, 2.45) is 0 Å². The van der Waals surface area contributed by atoms with E-state index in [-0.39, 0.29) is 6.54 Å². The van der Waals surface area contributed by atoms with Gasteiger partial charge in [-0.25, -0.2) is 21.6 Å². The van der Waals surface area contributed by atoms with E-state index in [1.165, 1.54) is 11.6 Å². The van der Waals surface area contributed by atoms with Gasteiger partial charge >= 0.3 is 5.51 Å². The second-order valence-electron chi connectivity index (χ2n) is 1.97. The minimum Gasteiger partial charge on any atom is -0.415 e. The molecule has 14 heavy (non-hydrogen) atoms. The van der Waals surface area contributed by atoms with Crippen molar-refractivity contribution in [2.75, 3.05) is 6.54 Å². The van der Waals surface area contributed by atoms with Crippen molar-refractivity contribution in [1.82, 2.24) is 4.72 Å². The molecular weight excluding hydrogens is 249 g/mol. The second-order valence-corrected chi connectivity index (χ2v) is 5.22. The maximum Gasteiger partial charge on any atom is 0.480 e. The van der Waals surface area contributed by atoms with Crippen LogP contribution in [0.25, 0.3) is 4.13 Å². The van der Waals surface area contributed by atoms with Gasteiger partial charge in [0, 0.05) is 6.54 Å². The Morgan fingerprint density at radius 1 is 1.21 bits per heavy atom. The molecule has 0 aromatic heterocycles. The number of alkyl halides is 3. The molecule has 0 atom stereocenters. The summed E-state index contributed by atoms with van der Waals surface area (Å²) in [5.74, 6) is 0. The predicted molar refractivity (Wildman–Crippen MR) is 40.9 cm³/mol. The van der Waals surface area contributed by atoms with Gasteiger partial charge in [0.05, 0.1) is 0 Å². The third-order valence-electron chi connectivity index (χ3n) is 0.815. The van der Waals surface area contributed by atoms with Crippen molar-refractivity contribution in [3.8, 4) is 0 Å². The number of hydrogen-bond donors (Lipinski definition) is 1. The largest absolute Gasteiger partial charge is 0.480 e. The van der Waals surface area contributed by atoms with Crippen LogP contribution < -0.4 is 4.72 Å². The van der Waals surface area contributed by atoms with Crippen LogP contribution in [0.4, 0.5) is 13.2 Å². The Kier molecular flexibility index (Phi) is 3.89. The third kappa shape index (κ3) is 3.77. The summed E-state index contributed by atoms with van der Waals surface area (Å²) in [4.78, 5) is 0. The minimum absolute atomic E-state index is 0.265. The minimum atomic E-state index is -6.00. The predicted octanol–water partition coefficient (Wildman–Crippen LogP) is 0.0640.